The Bertz CT molecular complexity index is 1770. The molecule has 70 heavy (non-hydrogen) atoms. The largest absolute Gasteiger partial charge is 0.394 e. The molecule has 30 atom stereocenters. The maximum atomic E-state index is 12.4. The zero-order valence-corrected chi connectivity index (χ0v) is 40.7. The first kappa shape index (κ1) is 52.6. The summed E-state index contributed by atoms with van der Waals surface area (Å²) in [5.74, 6) is 2.82. The number of aliphatic hydroxyl groups excluding tert-OH is 11. The SMILES string of the molecule is C[C@@H]1CC[C@@]2(OC1)O[C@@H]1C[C@H]3[C@@H]4CC[C@H]5C[C@H](O[C@H]6O[C@@H](CO[C@H]7OC[C@H](O)[C@@H](O)[C@@H]7O)[C@H](O[C@H]7OC[C@H](O)[C@@H](O)[C@@H]7O)[C@@H](O)[C@@H]6O[C@H]6O[C@@H](CO)[C@H](O)[C@@H](O)[C@@H]6O)CC[C@@]5(C)[C@H]4CC[C@@]3(C)[C@@H]1[C@H]2C. The van der Waals surface area contributed by atoms with Crippen LogP contribution in [0.3, 0.4) is 0 Å². The summed E-state index contributed by atoms with van der Waals surface area (Å²) in [4.78, 5) is 0. The lowest BCUT2D eigenvalue weighted by Gasteiger charge is -2.61. The predicted molar refractivity (Wildman–Crippen MR) is 236 cm³/mol. The van der Waals surface area contributed by atoms with Crippen LogP contribution in [0.25, 0.3) is 0 Å². The van der Waals surface area contributed by atoms with Gasteiger partial charge in [0.15, 0.2) is 30.9 Å². The van der Waals surface area contributed by atoms with E-state index < -0.39 is 142 Å². The van der Waals surface area contributed by atoms with Crippen LogP contribution in [0.1, 0.15) is 91.9 Å². The first-order chi connectivity index (χ1) is 33.3. The van der Waals surface area contributed by atoms with Crippen LogP contribution in [0.4, 0.5) is 0 Å². The first-order valence-electron chi connectivity index (χ1n) is 26.1. The lowest BCUT2D eigenvalue weighted by molar-refractivity contribution is -0.391. The number of ether oxygens (including phenoxy) is 10. The van der Waals surface area contributed by atoms with Gasteiger partial charge in [-0.15, -0.1) is 0 Å². The average Bonchev–Trinajstić information content (AvgIpc) is 3.79. The van der Waals surface area contributed by atoms with Crippen LogP contribution in [0.5, 0.6) is 0 Å². The molecule has 4 saturated carbocycles. The van der Waals surface area contributed by atoms with Crippen LogP contribution in [-0.4, -0.2) is 218 Å². The fraction of sp³-hybridized carbons (Fsp3) is 1.00. The lowest BCUT2D eigenvalue weighted by atomic mass is 9.44. The van der Waals surface area contributed by atoms with Gasteiger partial charge in [-0.25, -0.2) is 0 Å². The van der Waals surface area contributed by atoms with Crippen molar-refractivity contribution >= 4 is 0 Å². The molecule has 0 bridgehead atoms. The molecule has 0 radical (unpaired) electrons. The Labute approximate surface area is 408 Å². The van der Waals surface area contributed by atoms with Crippen molar-refractivity contribution in [2.75, 3.05) is 33.0 Å². The molecule has 0 aromatic carbocycles. The standard InChI is InChI=1S/C49H80O21/c1-20-7-12-49(64-16-20)21(2)32-29(70-49)14-26-24-6-5-22-13-23(8-10-47(22,3)25(24)9-11-48(26,32)4)65-46-42(69-45-39(59)36(56)35(55)30(15-50)66-45)40(60)41(68-44-38(58)34(54)28(52)18-62-44)31(67-46)19-63-43-37(57)33(53)27(51)17-61-43/h20-46,50-60H,5-19H2,1-4H3/t20-,21-,22+,23-,24-,25+,26+,27+,28+,29-,30+,31+,32-,33-,34-,35+,36-,37+,38+,39+,40-,41+,42+,43-,44-,45-,46+,47-,48-,49-/m1/s1. The smallest absolute Gasteiger partial charge is 0.187 e. The van der Waals surface area contributed by atoms with Gasteiger partial charge in [0, 0.05) is 12.3 Å². The Morgan fingerprint density at radius 2 is 1.21 bits per heavy atom. The van der Waals surface area contributed by atoms with Gasteiger partial charge in [0.25, 0.3) is 0 Å². The molecule has 21 heteroatoms. The zero-order chi connectivity index (χ0) is 49.8. The minimum absolute atomic E-state index is 0.0323. The van der Waals surface area contributed by atoms with E-state index in [1.165, 1.54) is 0 Å². The topological polar surface area (TPSA) is 315 Å². The molecule has 4 aliphatic carbocycles. The van der Waals surface area contributed by atoms with Gasteiger partial charge in [0.1, 0.15) is 85.5 Å². The van der Waals surface area contributed by atoms with E-state index >= 15 is 0 Å². The van der Waals surface area contributed by atoms with Crippen LogP contribution >= 0.6 is 0 Å². The van der Waals surface area contributed by atoms with Crippen molar-refractivity contribution in [1.29, 1.82) is 0 Å². The summed E-state index contributed by atoms with van der Waals surface area (Å²) in [7, 11) is 0. The van der Waals surface area contributed by atoms with Crippen molar-refractivity contribution in [3.8, 4) is 0 Å². The van der Waals surface area contributed by atoms with Crippen LogP contribution < -0.4 is 0 Å². The molecule has 6 heterocycles. The second-order valence-corrected chi connectivity index (χ2v) is 23.5. The highest BCUT2D eigenvalue weighted by Gasteiger charge is 2.69. The molecule has 0 unspecified atom stereocenters. The van der Waals surface area contributed by atoms with Gasteiger partial charge in [-0.2, -0.15) is 0 Å². The number of fused-ring (bicyclic) bond motifs is 7. The van der Waals surface area contributed by atoms with Gasteiger partial charge in [-0.05, 0) is 104 Å². The van der Waals surface area contributed by atoms with E-state index in [1.807, 2.05) is 0 Å². The Morgan fingerprint density at radius 3 is 1.91 bits per heavy atom. The third kappa shape index (κ3) is 9.06. The molecule has 11 N–H and O–H groups in total. The van der Waals surface area contributed by atoms with Crippen molar-refractivity contribution in [2.45, 2.75) is 221 Å². The summed E-state index contributed by atoms with van der Waals surface area (Å²) in [6, 6.07) is 0. The van der Waals surface area contributed by atoms with Crippen LogP contribution in [0.15, 0.2) is 0 Å². The third-order valence-corrected chi connectivity index (χ3v) is 19.6. The quantitative estimate of drug-likeness (QED) is 0.110. The number of rotatable bonds is 10. The first-order valence-corrected chi connectivity index (χ1v) is 26.1. The Morgan fingerprint density at radius 1 is 0.557 bits per heavy atom. The third-order valence-electron chi connectivity index (χ3n) is 19.6. The Hall–Kier alpha value is -0.840. The molecule has 6 saturated heterocycles. The maximum Gasteiger partial charge on any atom is 0.187 e. The van der Waals surface area contributed by atoms with Crippen molar-refractivity contribution in [3.63, 3.8) is 0 Å². The molecular formula is C49H80O21. The van der Waals surface area contributed by atoms with Crippen molar-refractivity contribution in [3.05, 3.63) is 0 Å². The molecule has 6 aliphatic heterocycles. The van der Waals surface area contributed by atoms with E-state index in [0.717, 1.165) is 58.0 Å². The summed E-state index contributed by atoms with van der Waals surface area (Å²) in [5, 5.41) is 118. The molecule has 10 fully saturated rings. The summed E-state index contributed by atoms with van der Waals surface area (Å²) in [6.45, 7) is 8.28. The molecule has 21 nitrogen and oxygen atoms in total. The molecule has 0 aromatic rings. The Balaban J connectivity index is 0.877. The molecule has 0 aromatic heterocycles. The zero-order valence-electron chi connectivity index (χ0n) is 40.7. The molecular weight excluding hydrogens is 925 g/mol. The summed E-state index contributed by atoms with van der Waals surface area (Å²) in [6.07, 6.45) is -19.6. The number of hydrogen-bond donors (Lipinski definition) is 11. The monoisotopic (exact) mass is 1000 g/mol. The fourth-order valence-corrected chi connectivity index (χ4v) is 15.5. The van der Waals surface area contributed by atoms with Crippen LogP contribution in [0, 0.1) is 52.3 Å². The average molecular weight is 1010 g/mol. The van der Waals surface area contributed by atoms with Crippen LogP contribution in [-0.2, 0) is 47.4 Å². The van der Waals surface area contributed by atoms with Gasteiger partial charge in [0.2, 0.25) is 0 Å². The van der Waals surface area contributed by atoms with E-state index in [4.69, 9.17) is 47.4 Å². The summed E-state index contributed by atoms with van der Waals surface area (Å²) < 4.78 is 62.0. The highest BCUT2D eigenvalue weighted by molar-refractivity contribution is 5.15. The van der Waals surface area contributed by atoms with Crippen LogP contribution in [0.2, 0.25) is 0 Å². The predicted octanol–water partition coefficient (Wildman–Crippen LogP) is -1.63. The summed E-state index contributed by atoms with van der Waals surface area (Å²) in [5.41, 5.74) is 0.205. The van der Waals surface area contributed by atoms with E-state index in [2.05, 4.69) is 27.7 Å². The number of aliphatic hydroxyl groups is 11. The second-order valence-electron chi connectivity index (χ2n) is 23.5. The van der Waals surface area contributed by atoms with E-state index in [1.54, 1.807) is 0 Å². The molecule has 10 aliphatic rings. The molecule has 0 amide bonds. The van der Waals surface area contributed by atoms with Crippen molar-refractivity contribution < 1.29 is 104 Å². The minimum Gasteiger partial charge on any atom is -0.394 e. The fourth-order valence-electron chi connectivity index (χ4n) is 15.5. The molecule has 402 valence electrons. The van der Waals surface area contributed by atoms with Gasteiger partial charge in [-0.1, -0.05) is 27.7 Å². The highest BCUT2D eigenvalue weighted by atomic mass is 16.8. The lowest BCUT2D eigenvalue weighted by Crippen LogP contribution is -2.67. The van der Waals surface area contributed by atoms with Crippen molar-refractivity contribution in [2.24, 2.45) is 52.3 Å². The molecule has 10 rings (SSSR count). The van der Waals surface area contributed by atoms with Gasteiger partial charge >= 0.3 is 0 Å². The normalized spacial score (nSPS) is 58.1. The van der Waals surface area contributed by atoms with E-state index in [0.29, 0.717) is 54.3 Å². The van der Waals surface area contributed by atoms with E-state index in [-0.39, 0.29) is 23.5 Å². The number of hydrogen-bond acceptors (Lipinski definition) is 21. The second kappa shape index (κ2) is 20.3. The van der Waals surface area contributed by atoms with Gasteiger partial charge in [-0.3, -0.25) is 0 Å². The minimum atomic E-state index is -1.87. The van der Waals surface area contributed by atoms with Gasteiger partial charge in [0.05, 0.1) is 45.2 Å². The van der Waals surface area contributed by atoms with Crippen molar-refractivity contribution in [1.82, 2.24) is 0 Å². The molecule has 1 spiro atoms. The van der Waals surface area contributed by atoms with E-state index in [9.17, 15) is 56.2 Å². The summed E-state index contributed by atoms with van der Waals surface area (Å²) >= 11 is 0. The Kier molecular flexibility index (Phi) is 15.2. The maximum absolute atomic E-state index is 12.4. The highest BCUT2D eigenvalue weighted by Crippen LogP contribution is 2.71. The van der Waals surface area contributed by atoms with Gasteiger partial charge < -0.3 is 104 Å².